The second-order valence-electron chi connectivity index (χ2n) is 5.40. The van der Waals surface area contributed by atoms with Crippen LogP contribution in [0.3, 0.4) is 0 Å². The van der Waals surface area contributed by atoms with Gasteiger partial charge in [0.1, 0.15) is 11.3 Å². The van der Waals surface area contributed by atoms with Gasteiger partial charge in [-0.25, -0.2) is 0 Å². The number of benzene rings is 2. The lowest BCUT2D eigenvalue weighted by molar-refractivity contribution is -0.121. The van der Waals surface area contributed by atoms with Crippen LogP contribution >= 0.6 is 23.2 Å². The summed E-state index contributed by atoms with van der Waals surface area (Å²) in [6, 6.07) is 14.7. The molecule has 0 spiro atoms. The molecule has 2 aromatic carbocycles. The molecule has 0 aliphatic rings. The summed E-state index contributed by atoms with van der Waals surface area (Å²) in [7, 11) is 0. The number of fused-ring (bicyclic) bond motifs is 1. The van der Waals surface area contributed by atoms with Gasteiger partial charge in [0.25, 0.3) is 0 Å². The van der Waals surface area contributed by atoms with E-state index in [2.05, 4.69) is 5.32 Å². The van der Waals surface area contributed by atoms with Crippen molar-refractivity contribution in [2.24, 2.45) is 0 Å². The molecule has 1 heterocycles. The van der Waals surface area contributed by atoms with Gasteiger partial charge in [-0.1, -0.05) is 47.5 Å². The Morgan fingerprint density at radius 2 is 1.91 bits per heavy atom. The Labute approximate surface area is 144 Å². The zero-order valence-corrected chi connectivity index (χ0v) is 14.0. The van der Waals surface area contributed by atoms with E-state index in [0.29, 0.717) is 10.0 Å². The maximum Gasteiger partial charge on any atom is 0.224 e. The first kappa shape index (κ1) is 15.9. The van der Waals surface area contributed by atoms with E-state index in [1.54, 1.807) is 18.2 Å². The van der Waals surface area contributed by atoms with Gasteiger partial charge < -0.3 is 9.73 Å². The Kier molecular flexibility index (Phi) is 4.60. The number of nitrogens with one attached hydrogen (secondary N) is 1. The summed E-state index contributed by atoms with van der Waals surface area (Å²) in [5.74, 6) is 0.630. The maximum atomic E-state index is 12.2. The van der Waals surface area contributed by atoms with Crippen LogP contribution in [0, 0.1) is 0 Å². The minimum atomic E-state index is -0.210. The quantitative estimate of drug-likeness (QED) is 0.708. The van der Waals surface area contributed by atoms with Crippen molar-refractivity contribution >= 4 is 40.1 Å². The number of furan rings is 1. The molecule has 0 radical (unpaired) electrons. The monoisotopic (exact) mass is 347 g/mol. The van der Waals surface area contributed by atoms with Crippen LogP contribution in [0.2, 0.25) is 10.0 Å². The SMILES string of the molecule is CC(NC(=O)Cc1ccc(Cl)c(Cl)c1)c1cc2ccccc2o1. The summed E-state index contributed by atoms with van der Waals surface area (Å²) in [5.41, 5.74) is 1.63. The van der Waals surface area contributed by atoms with Crippen LogP contribution in [0.1, 0.15) is 24.3 Å². The summed E-state index contributed by atoms with van der Waals surface area (Å²) < 4.78 is 5.76. The van der Waals surface area contributed by atoms with Gasteiger partial charge in [-0.15, -0.1) is 0 Å². The van der Waals surface area contributed by atoms with Gasteiger partial charge in [0.05, 0.1) is 22.5 Å². The van der Waals surface area contributed by atoms with Gasteiger partial charge in [-0.2, -0.15) is 0 Å². The Bertz CT molecular complexity index is 824. The fraction of sp³-hybridized carbons (Fsp3) is 0.167. The molecule has 23 heavy (non-hydrogen) atoms. The summed E-state index contributed by atoms with van der Waals surface area (Å²) >= 11 is 11.8. The topological polar surface area (TPSA) is 42.2 Å². The summed E-state index contributed by atoms with van der Waals surface area (Å²) in [6.45, 7) is 1.89. The third-order valence-corrected chi connectivity index (χ3v) is 4.34. The van der Waals surface area contributed by atoms with Gasteiger partial charge in [0.15, 0.2) is 0 Å². The number of rotatable bonds is 4. The smallest absolute Gasteiger partial charge is 0.224 e. The molecule has 0 fully saturated rings. The van der Waals surface area contributed by atoms with Crippen LogP contribution in [-0.4, -0.2) is 5.91 Å². The first-order valence-corrected chi connectivity index (χ1v) is 8.00. The minimum Gasteiger partial charge on any atom is -0.459 e. The lowest BCUT2D eigenvalue weighted by Gasteiger charge is -2.11. The highest BCUT2D eigenvalue weighted by atomic mass is 35.5. The van der Waals surface area contributed by atoms with Crippen molar-refractivity contribution in [2.75, 3.05) is 0 Å². The van der Waals surface area contributed by atoms with Crippen LogP contribution in [0.15, 0.2) is 52.9 Å². The summed E-state index contributed by atoms with van der Waals surface area (Å²) in [4.78, 5) is 12.2. The molecule has 118 valence electrons. The van der Waals surface area contributed by atoms with Crippen LogP contribution in [-0.2, 0) is 11.2 Å². The van der Waals surface area contributed by atoms with E-state index < -0.39 is 0 Å². The first-order chi connectivity index (χ1) is 11.0. The van der Waals surface area contributed by atoms with Crippen molar-refractivity contribution < 1.29 is 9.21 Å². The Morgan fingerprint density at radius 3 is 2.65 bits per heavy atom. The molecule has 1 amide bonds. The van der Waals surface area contributed by atoms with Gasteiger partial charge in [-0.3, -0.25) is 4.79 Å². The molecule has 1 N–H and O–H groups in total. The Morgan fingerprint density at radius 1 is 1.13 bits per heavy atom. The largest absolute Gasteiger partial charge is 0.459 e. The molecule has 3 aromatic rings. The molecule has 1 aromatic heterocycles. The molecule has 0 bridgehead atoms. The Hall–Kier alpha value is -1.97. The first-order valence-electron chi connectivity index (χ1n) is 7.24. The fourth-order valence-corrected chi connectivity index (χ4v) is 2.74. The second kappa shape index (κ2) is 6.65. The molecule has 5 heteroatoms. The zero-order valence-electron chi connectivity index (χ0n) is 12.5. The molecule has 0 saturated carbocycles. The van der Waals surface area contributed by atoms with Gasteiger partial charge in [0, 0.05) is 5.39 Å². The van der Waals surface area contributed by atoms with Crippen molar-refractivity contribution in [1.29, 1.82) is 0 Å². The van der Waals surface area contributed by atoms with E-state index in [-0.39, 0.29) is 18.4 Å². The number of hydrogen-bond donors (Lipinski definition) is 1. The summed E-state index contributed by atoms with van der Waals surface area (Å²) in [6.07, 6.45) is 0.238. The number of carbonyl (C=O) groups is 1. The molecular weight excluding hydrogens is 333 g/mol. The van der Waals surface area contributed by atoms with E-state index in [9.17, 15) is 4.79 Å². The van der Waals surface area contributed by atoms with Crippen molar-refractivity contribution in [2.45, 2.75) is 19.4 Å². The number of hydrogen-bond acceptors (Lipinski definition) is 2. The van der Waals surface area contributed by atoms with E-state index in [1.165, 1.54) is 0 Å². The van der Waals surface area contributed by atoms with Crippen molar-refractivity contribution in [3.63, 3.8) is 0 Å². The normalized spacial score (nSPS) is 12.3. The molecular formula is C18H15Cl2NO2. The van der Waals surface area contributed by atoms with Crippen molar-refractivity contribution in [3.05, 3.63) is 69.9 Å². The van der Waals surface area contributed by atoms with E-state index in [4.69, 9.17) is 27.6 Å². The van der Waals surface area contributed by atoms with Gasteiger partial charge in [0.2, 0.25) is 5.91 Å². The predicted molar refractivity (Wildman–Crippen MR) is 92.9 cm³/mol. The van der Waals surface area contributed by atoms with E-state index in [1.807, 2.05) is 37.3 Å². The average molecular weight is 348 g/mol. The minimum absolute atomic E-state index is 0.101. The molecule has 1 unspecified atom stereocenters. The maximum absolute atomic E-state index is 12.2. The lowest BCUT2D eigenvalue weighted by atomic mass is 10.1. The van der Waals surface area contributed by atoms with E-state index >= 15 is 0 Å². The van der Waals surface area contributed by atoms with Crippen LogP contribution < -0.4 is 5.32 Å². The van der Waals surface area contributed by atoms with Crippen molar-refractivity contribution in [1.82, 2.24) is 5.32 Å². The standard InChI is InChI=1S/C18H15Cl2NO2/c1-11(17-10-13-4-2-3-5-16(13)23-17)21-18(22)9-12-6-7-14(19)15(20)8-12/h2-8,10-11H,9H2,1H3,(H,21,22). The number of carbonyl (C=O) groups excluding carboxylic acids is 1. The van der Waals surface area contributed by atoms with Crippen LogP contribution in [0.25, 0.3) is 11.0 Å². The molecule has 0 aliphatic heterocycles. The fourth-order valence-electron chi connectivity index (χ4n) is 2.41. The van der Waals surface area contributed by atoms with Crippen LogP contribution in [0.4, 0.5) is 0 Å². The molecule has 3 nitrogen and oxygen atoms in total. The second-order valence-corrected chi connectivity index (χ2v) is 6.22. The number of para-hydroxylation sites is 1. The molecule has 0 aliphatic carbocycles. The summed E-state index contributed by atoms with van der Waals surface area (Å²) in [5, 5.41) is 4.88. The molecule has 3 rings (SSSR count). The average Bonchev–Trinajstić information content (AvgIpc) is 2.95. The number of amides is 1. The third-order valence-electron chi connectivity index (χ3n) is 3.60. The van der Waals surface area contributed by atoms with Gasteiger partial charge in [-0.05, 0) is 36.8 Å². The third kappa shape index (κ3) is 3.69. The van der Waals surface area contributed by atoms with Crippen molar-refractivity contribution in [3.8, 4) is 0 Å². The lowest BCUT2D eigenvalue weighted by Crippen LogP contribution is -2.27. The highest BCUT2D eigenvalue weighted by Crippen LogP contribution is 2.24. The highest BCUT2D eigenvalue weighted by Gasteiger charge is 2.14. The molecule has 0 saturated heterocycles. The Balaban J connectivity index is 1.67. The number of halogens is 2. The highest BCUT2D eigenvalue weighted by molar-refractivity contribution is 6.42. The zero-order chi connectivity index (χ0) is 16.4. The molecule has 1 atom stereocenters. The van der Waals surface area contributed by atoms with Crippen LogP contribution in [0.5, 0.6) is 0 Å². The predicted octanol–water partition coefficient (Wildman–Crippen LogP) is 5.16. The van der Waals surface area contributed by atoms with E-state index in [0.717, 1.165) is 22.3 Å². The van der Waals surface area contributed by atoms with Gasteiger partial charge >= 0.3 is 0 Å².